The zero-order valence-corrected chi connectivity index (χ0v) is 37.1. The maximum atomic E-state index is 15.4. The maximum absolute atomic E-state index is 15.4. The van der Waals surface area contributed by atoms with E-state index in [9.17, 15) is 68.0 Å². The van der Waals surface area contributed by atoms with Gasteiger partial charge >= 0.3 is 0 Å². The number of rotatable bonds is 10. The van der Waals surface area contributed by atoms with Crippen LogP contribution in [-0.2, 0) is 4.79 Å². The Labute approximate surface area is 403 Å². The van der Waals surface area contributed by atoms with E-state index in [0.29, 0.717) is 11.7 Å². The Hall–Kier alpha value is -7.98. The molecule has 0 heterocycles. The molecule has 0 unspecified atom stereocenters. The number of halogens is 20. The molecule has 0 saturated carbocycles. The van der Waals surface area contributed by atoms with Gasteiger partial charge in [0.15, 0.2) is 75.6 Å². The van der Waals surface area contributed by atoms with Gasteiger partial charge in [0, 0.05) is 0 Å². The predicted octanol–water partition coefficient (Wildman–Crippen LogP) is 9.76. The number of carbonyl (C=O) groups is 1. The van der Waals surface area contributed by atoms with E-state index >= 15 is 35.1 Å². The highest BCUT2D eigenvalue weighted by Gasteiger charge is 2.53. The lowest BCUT2D eigenvalue weighted by molar-refractivity contribution is -0.113. The van der Waals surface area contributed by atoms with Crippen molar-refractivity contribution in [2.24, 2.45) is 0 Å². The van der Waals surface area contributed by atoms with Crippen molar-refractivity contribution in [2.45, 2.75) is 6.92 Å². The Morgan fingerprint density at radius 2 is 0.554 bits per heavy atom. The molecule has 0 aliphatic rings. The number of carbonyl (C=O) groups excluding carboxylic acids is 1. The number of Topliss-reactive ketones (excluding diaryl/α,β-unsaturated/α-hetero) is 1. The van der Waals surface area contributed by atoms with Crippen molar-refractivity contribution < 1.29 is 92.6 Å². The summed E-state index contributed by atoms with van der Waals surface area (Å²) >= 11 is 0. The quantitative estimate of drug-likeness (QED) is 0.0261. The Morgan fingerprint density at radius 1 is 0.365 bits per heavy atom. The van der Waals surface area contributed by atoms with Gasteiger partial charge in [-0.15, -0.1) is 21.9 Å². The number of nitrogens with zero attached hydrogens (tertiary/aromatic N) is 2. The molecular formula is C49H20BF20N2OP. The summed E-state index contributed by atoms with van der Waals surface area (Å²) in [5, 5.41) is 22.3. The van der Waals surface area contributed by atoms with Crippen LogP contribution in [0.1, 0.15) is 6.92 Å². The first-order valence-corrected chi connectivity index (χ1v) is 22.1. The standard InChI is InChI=1S/C25H20N2OP.C24BF20/c1-20(28)25(21(17-26)18-27)19-29(22-11-5-2-6-12-22,23-13-7-3-8-14-23)24-15-9-4-10-16-24;26-5-1(6(27)14(35)21(42)13(5)34)25(2-7(28)15(36)22(43)16(37)8(2)29,3-9(30)17(38)23(44)18(39)10(3)31)4-11(32)19(40)24(45)20(41)12(4)33/h2-16H,19H2,1H3;/q+1;-1. The average molecular weight is 1070 g/mol. The smallest absolute Gasteiger partial charge is 0.200 e. The molecule has 7 aromatic rings. The van der Waals surface area contributed by atoms with Crippen molar-refractivity contribution in [1.82, 2.24) is 0 Å². The summed E-state index contributed by atoms with van der Waals surface area (Å²) in [6, 6.07) is 34.1. The van der Waals surface area contributed by atoms with E-state index in [2.05, 4.69) is 36.4 Å². The highest BCUT2D eigenvalue weighted by atomic mass is 31.2. The fraction of sp³-hybridized carbons (Fsp3) is 0.0408. The van der Waals surface area contributed by atoms with Crippen LogP contribution in [-0.4, -0.2) is 18.1 Å². The van der Waals surface area contributed by atoms with Crippen LogP contribution in [0, 0.1) is 139 Å². The monoisotopic (exact) mass is 1070 g/mol. The molecule has 0 N–H and O–H groups in total. The van der Waals surface area contributed by atoms with E-state index in [-0.39, 0.29) is 11.4 Å². The molecule has 7 aromatic carbocycles. The molecule has 0 aliphatic heterocycles. The molecule has 25 heteroatoms. The van der Waals surface area contributed by atoms with E-state index in [1.165, 1.54) is 6.92 Å². The molecule has 7 rings (SSSR count). The number of nitriles is 2. The first-order chi connectivity index (χ1) is 34.8. The van der Waals surface area contributed by atoms with Gasteiger partial charge in [0.25, 0.3) is 0 Å². The van der Waals surface area contributed by atoms with Crippen molar-refractivity contribution in [3.05, 3.63) is 218 Å². The van der Waals surface area contributed by atoms with E-state index < -0.39 is 152 Å². The Balaban J connectivity index is 0.000000265. The van der Waals surface area contributed by atoms with Gasteiger partial charge in [0.2, 0.25) is 0 Å². The van der Waals surface area contributed by atoms with E-state index in [1.54, 1.807) is 0 Å². The van der Waals surface area contributed by atoms with Crippen LogP contribution in [0.5, 0.6) is 0 Å². The summed E-state index contributed by atoms with van der Waals surface area (Å²) in [5.74, 6) is -71.6. The topological polar surface area (TPSA) is 64.7 Å². The van der Waals surface area contributed by atoms with Crippen LogP contribution in [0.3, 0.4) is 0 Å². The summed E-state index contributed by atoms with van der Waals surface area (Å²) in [6.07, 6.45) is -6.89. The summed E-state index contributed by atoms with van der Waals surface area (Å²) in [6.45, 7) is 1.43. The fourth-order valence-corrected chi connectivity index (χ4v) is 12.7. The van der Waals surface area contributed by atoms with Crippen molar-refractivity contribution in [2.75, 3.05) is 6.16 Å². The molecule has 0 aromatic heterocycles. The Kier molecular flexibility index (Phi) is 15.9. The molecule has 0 saturated heterocycles. The number of hydrogen-bond acceptors (Lipinski definition) is 3. The van der Waals surface area contributed by atoms with Crippen molar-refractivity contribution >= 4 is 57.0 Å². The van der Waals surface area contributed by atoms with Gasteiger partial charge in [-0.3, -0.25) is 4.79 Å². The average Bonchev–Trinajstić information content (AvgIpc) is 3.40. The molecule has 0 atom stereocenters. The normalized spacial score (nSPS) is 11.4. The van der Waals surface area contributed by atoms with Crippen molar-refractivity contribution in [3.8, 4) is 12.1 Å². The van der Waals surface area contributed by atoms with Crippen LogP contribution in [0.2, 0.25) is 0 Å². The van der Waals surface area contributed by atoms with Gasteiger partial charge in [-0.05, 0) is 43.3 Å². The number of allylic oxidation sites excluding steroid dienone is 2. The van der Waals surface area contributed by atoms with Gasteiger partial charge in [-0.1, -0.05) is 54.6 Å². The molecule has 74 heavy (non-hydrogen) atoms. The minimum Gasteiger partial charge on any atom is -0.295 e. The lowest BCUT2D eigenvalue weighted by atomic mass is 9.12. The third kappa shape index (κ3) is 8.69. The second-order valence-electron chi connectivity index (χ2n) is 15.4. The van der Waals surface area contributed by atoms with Crippen LogP contribution in [0.4, 0.5) is 87.8 Å². The van der Waals surface area contributed by atoms with E-state index in [4.69, 9.17) is 0 Å². The Morgan fingerprint density at radius 3 is 0.730 bits per heavy atom. The molecule has 380 valence electrons. The largest absolute Gasteiger partial charge is 0.295 e. The molecule has 0 spiro atoms. The van der Waals surface area contributed by atoms with Gasteiger partial charge in [0.1, 0.15) is 99.7 Å². The number of benzene rings is 7. The molecule has 0 aliphatic carbocycles. The second-order valence-corrected chi connectivity index (χ2v) is 18.9. The lowest BCUT2D eigenvalue weighted by Crippen LogP contribution is -2.81. The molecular weight excluding hydrogens is 1050 g/mol. The van der Waals surface area contributed by atoms with Crippen LogP contribution in [0.25, 0.3) is 0 Å². The minimum atomic E-state index is -7.22. The third-order valence-electron chi connectivity index (χ3n) is 11.6. The highest BCUT2D eigenvalue weighted by Crippen LogP contribution is 2.57. The van der Waals surface area contributed by atoms with Crippen LogP contribution in [0.15, 0.2) is 102 Å². The highest BCUT2D eigenvalue weighted by molar-refractivity contribution is 7.95. The summed E-state index contributed by atoms with van der Waals surface area (Å²) in [5.41, 5.74) is -14.1. The SMILES string of the molecule is CC(=O)C(C[P+](c1ccccc1)(c1ccccc1)c1ccccc1)=C(C#N)C#N.Fc1c(F)c(F)c([B-](c2c(F)c(F)c(F)c(F)c2F)(c2c(F)c(F)c(F)c(F)c2F)c2c(F)c(F)c(F)c(F)c2F)c(F)c1F. The van der Waals surface area contributed by atoms with Crippen LogP contribution >= 0.6 is 7.26 Å². The van der Waals surface area contributed by atoms with Crippen molar-refractivity contribution in [1.29, 1.82) is 10.5 Å². The Bertz CT molecular complexity index is 3040. The fourth-order valence-electron chi connectivity index (χ4n) is 8.41. The van der Waals surface area contributed by atoms with Crippen LogP contribution < -0.4 is 37.8 Å². The van der Waals surface area contributed by atoms with E-state index in [0.717, 1.165) is 15.9 Å². The van der Waals surface area contributed by atoms with Gasteiger partial charge in [-0.2, -0.15) is 10.5 Å². The molecule has 0 amide bonds. The van der Waals surface area contributed by atoms with Gasteiger partial charge in [0.05, 0.1) is 5.57 Å². The zero-order valence-electron chi connectivity index (χ0n) is 36.3. The molecule has 0 radical (unpaired) electrons. The van der Waals surface area contributed by atoms with E-state index in [1.807, 2.05) is 66.7 Å². The molecule has 0 fully saturated rings. The summed E-state index contributed by atoms with van der Waals surface area (Å²) < 4.78 is 294. The van der Waals surface area contributed by atoms with Crippen molar-refractivity contribution in [3.63, 3.8) is 0 Å². The number of hydrogen-bond donors (Lipinski definition) is 0. The summed E-state index contributed by atoms with van der Waals surface area (Å²) in [7, 11) is -2.32. The molecule has 0 bridgehead atoms. The molecule has 3 nitrogen and oxygen atoms in total. The first kappa shape index (κ1) is 55.3. The minimum absolute atomic E-state index is 0.107. The lowest BCUT2D eigenvalue weighted by Gasteiger charge is -2.44. The first-order valence-electron chi connectivity index (χ1n) is 20.2. The number of ketones is 1. The second kappa shape index (κ2) is 21.2. The van der Waals surface area contributed by atoms with Gasteiger partial charge in [-0.25, -0.2) is 87.8 Å². The van der Waals surface area contributed by atoms with Gasteiger partial charge < -0.3 is 0 Å². The predicted molar refractivity (Wildman–Crippen MR) is 228 cm³/mol. The summed E-state index contributed by atoms with van der Waals surface area (Å²) in [4.78, 5) is 12.5. The maximum Gasteiger partial charge on any atom is 0.200 e. The third-order valence-corrected chi connectivity index (χ3v) is 16.0. The zero-order chi connectivity index (χ0) is 55.0.